The third-order valence-corrected chi connectivity index (χ3v) is 2.51. The van der Waals surface area contributed by atoms with Crippen LogP contribution in [0.1, 0.15) is 0 Å². The van der Waals surface area contributed by atoms with E-state index in [-0.39, 0.29) is 0 Å². The molecule has 0 aliphatic heterocycles. The molecule has 2 rings (SSSR count). The van der Waals surface area contributed by atoms with Crippen LogP contribution in [0.5, 0.6) is 11.5 Å². The van der Waals surface area contributed by atoms with E-state index in [4.69, 9.17) is 15.2 Å². The minimum atomic E-state index is 0.539. The summed E-state index contributed by atoms with van der Waals surface area (Å²) in [6.45, 7) is 1.20. The van der Waals surface area contributed by atoms with Crippen LogP contribution in [0.2, 0.25) is 0 Å². The first-order valence-corrected chi connectivity index (χ1v) is 6.00. The van der Waals surface area contributed by atoms with Gasteiger partial charge in [-0.1, -0.05) is 6.07 Å². The maximum Gasteiger partial charge on any atom is 0.137 e. The highest BCUT2D eigenvalue weighted by atomic mass is 16.5. The summed E-state index contributed by atoms with van der Waals surface area (Å²) in [5.41, 5.74) is 6.36. The number of anilines is 2. The molecule has 0 bridgehead atoms. The van der Waals surface area contributed by atoms with Crippen molar-refractivity contribution in [1.82, 2.24) is 4.98 Å². The number of nitrogens with one attached hydrogen (secondary N) is 1. The van der Waals surface area contributed by atoms with Crippen molar-refractivity contribution in [2.24, 2.45) is 0 Å². The largest absolute Gasteiger partial charge is 0.495 e. The Morgan fingerprint density at radius 1 is 1.21 bits per heavy atom. The summed E-state index contributed by atoms with van der Waals surface area (Å²) in [4.78, 5) is 4.20. The van der Waals surface area contributed by atoms with Crippen LogP contribution < -0.4 is 20.5 Å². The number of ether oxygens (including phenoxy) is 2. The number of benzene rings is 1. The predicted octanol–water partition coefficient (Wildman–Crippen LogP) is 2.16. The Labute approximate surface area is 112 Å². The first-order chi connectivity index (χ1) is 9.28. The zero-order valence-electron chi connectivity index (χ0n) is 10.8. The van der Waals surface area contributed by atoms with Crippen molar-refractivity contribution in [3.05, 3.63) is 42.6 Å². The lowest BCUT2D eigenvalue weighted by molar-refractivity contribution is 0.333. The Balaban J connectivity index is 1.74. The fraction of sp³-hybridized carbons (Fsp3) is 0.214. The molecule has 0 radical (unpaired) electrons. The average molecular weight is 259 g/mol. The molecular formula is C14H17N3O2. The monoisotopic (exact) mass is 259 g/mol. The SMILES string of the molecule is COc1ccc(NCCOc2cccc(N)c2)nc1. The van der Waals surface area contributed by atoms with Crippen molar-refractivity contribution in [1.29, 1.82) is 0 Å². The van der Waals surface area contributed by atoms with Gasteiger partial charge in [-0.2, -0.15) is 0 Å². The molecule has 5 nitrogen and oxygen atoms in total. The number of rotatable bonds is 6. The molecule has 100 valence electrons. The van der Waals surface area contributed by atoms with Crippen molar-refractivity contribution in [2.75, 3.05) is 31.3 Å². The van der Waals surface area contributed by atoms with Crippen LogP contribution in [-0.4, -0.2) is 25.2 Å². The van der Waals surface area contributed by atoms with Gasteiger partial charge < -0.3 is 20.5 Å². The molecule has 1 heterocycles. The molecular weight excluding hydrogens is 242 g/mol. The number of methoxy groups -OCH3 is 1. The molecule has 0 unspecified atom stereocenters. The molecule has 0 fully saturated rings. The van der Waals surface area contributed by atoms with Crippen molar-refractivity contribution in [2.45, 2.75) is 0 Å². The first-order valence-electron chi connectivity index (χ1n) is 6.00. The molecule has 0 aliphatic carbocycles. The third kappa shape index (κ3) is 4.06. The highest BCUT2D eigenvalue weighted by Crippen LogP contribution is 2.14. The van der Waals surface area contributed by atoms with Gasteiger partial charge >= 0.3 is 0 Å². The fourth-order valence-corrected chi connectivity index (χ4v) is 1.56. The topological polar surface area (TPSA) is 69.4 Å². The average Bonchev–Trinajstić information content (AvgIpc) is 2.44. The Kier molecular flexibility index (Phi) is 4.44. The number of hydrogen-bond acceptors (Lipinski definition) is 5. The molecule has 1 aromatic carbocycles. The molecule has 0 amide bonds. The lowest BCUT2D eigenvalue weighted by Gasteiger charge is -2.08. The number of aromatic nitrogens is 1. The van der Waals surface area contributed by atoms with E-state index in [0.717, 1.165) is 17.3 Å². The summed E-state index contributed by atoms with van der Waals surface area (Å²) >= 11 is 0. The molecule has 0 atom stereocenters. The van der Waals surface area contributed by atoms with E-state index in [9.17, 15) is 0 Å². The van der Waals surface area contributed by atoms with E-state index in [1.54, 1.807) is 19.4 Å². The summed E-state index contributed by atoms with van der Waals surface area (Å²) in [5, 5.41) is 3.16. The van der Waals surface area contributed by atoms with Gasteiger partial charge in [0.1, 0.15) is 23.9 Å². The standard InChI is InChI=1S/C14H17N3O2/c1-18-13-5-6-14(17-10-13)16-7-8-19-12-4-2-3-11(15)9-12/h2-6,9-10H,7-8,15H2,1H3,(H,16,17). The van der Waals surface area contributed by atoms with Gasteiger partial charge in [0.25, 0.3) is 0 Å². The van der Waals surface area contributed by atoms with Crippen molar-refractivity contribution in [3.63, 3.8) is 0 Å². The number of pyridine rings is 1. The van der Waals surface area contributed by atoms with E-state index in [0.29, 0.717) is 18.8 Å². The minimum Gasteiger partial charge on any atom is -0.495 e. The fourth-order valence-electron chi connectivity index (χ4n) is 1.56. The lowest BCUT2D eigenvalue weighted by Crippen LogP contribution is -2.12. The van der Waals surface area contributed by atoms with Gasteiger partial charge in [0.05, 0.1) is 19.9 Å². The molecule has 19 heavy (non-hydrogen) atoms. The van der Waals surface area contributed by atoms with Crippen LogP contribution in [-0.2, 0) is 0 Å². The van der Waals surface area contributed by atoms with E-state index in [1.807, 2.05) is 30.3 Å². The number of hydrogen-bond donors (Lipinski definition) is 2. The Morgan fingerprint density at radius 3 is 2.79 bits per heavy atom. The Bertz CT molecular complexity index is 514. The van der Waals surface area contributed by atoms with Gasteiger partial charge in [-0.3, -0.25) is 0 Å². The number of nitrogens with two attached hydrogens (primary N) is 1. The highest BCUT2D eigenvalue weighted by molar-refractivity contribution is 5.43. The third-order valence-electron chi connectivity index (χ3n) is 2.51. The van der Waals surface area contributed by atoms with Crippen LogP contribution in [0, 0.1) is 0 Å². The summed E-state index contributed by atoms with van der Waals surface area (Å²) in [6, 6.07) is 11.1. The second-order valence-electron chi connectivity index (χ2n) is 3.93. The van der Waals surface area contributed by atoms with Crippen molar-refractivity contribution in [3.8, 4) is 11.5 Å². The Hall–Kier alpha value is -2.43. The summed E-state index contributed by atoms with van der Waals surface area (Å²) in [7, 11) is 1.61. The van der Waals surface area contributed by atoms with Crippen LogP contribution in [0.15, 0.2) is 42.6 Å². The summed E-state index contributed by atoms with van der Waals surface area (Å²) in [5.74, 6) is 2.29. The molecule has 0 aliphatic rings. The molecule has 1 aromatic heterocycles. The summed E-state index contributed by atoms with van der Waals surface area (Å²) in [6.07, 6.45) is 1.67. The van der Waals surface area contributed by atoms with E-state index in [2.05, 4.69) is 10.3 Å². The molecule has 0 spiro atoms. The van der Waals surface area contributed by atoms with E-state index < -0.39 is 0 Å². The van der Waals surface area contributed by atoms with Gasteiger partial charge in [-0.15, -0.1) is 0 Å². The summed E-state index contributed by atoms with van der Waals surface area (Å²) < 4.78 is 10.6. The van der Waals surface area contributed by atoms with Gasteiger partial charge in [0.2, 0.25) is 0 Å². The molecule has 5 heteroatoms. The zero-order chi connectivity index (χ0) is 13.5. The quantitative estimate of drug-likeness (QED) is 0.614. The second-order valence-corrected chi connectivity index (χ2v) is 3.93. The van der Waals surface area contributed by atoms with Crippen LogP contribution in [0.3, 0.4) is 0 Å². The van der Waals surface area contributed by atoms with E-state index >= 15 is 0 Å². The maximum atomic E-state index is 5.66. The van der Waals surface area contributed by atoms with Crippen molar-refractivity contribution < 1.29 is 9.47 Å². The van der Waals surface area contributed by atoms with Crippen LogP contribution >= 0.6 is 0 Å². The zero-order valence-corrected chi connectivity index (χ0v) is 10.8. The smallest absolute Gasteiger partial charge is 0.137 e. The Morgan fingerprint density at radius 2 is 2.11 bits per heavy atom. The van der Waals surface area contributed by atoms with Crippen LogP contribution in [0.25, 0.3) is 0 Å². The second kappa shape index (κ2) is 6.49. The molecule has 0 saturated carbocycles. The van der Waals surface area contributed by atoms with Crippen LogP contribution in [0.4, 0.5) is 11.5 Å². The van der Waals surface area contributed by atoms with Gasteiger partial charge in [0, 0.05) is 11.8 Å². The first kappa shape index (κ1) is 13.0. The molecule has 0 saturated heterocycles. The molecule has 3 N–H and O–H groups in total. The highest BCUT2D eigenvalue weighted by Gasteiger charge is 1.96. The normalized spacial score (nSPS) is 9.95. The van der Waals surface area contributed by atoms with Gasteiger partial charge in [-0.25, -0.2) is 4.98 Å². The predicted molar refractivity (Wildman–Crippen MR) is 75.6 cm³/mol. The van der Waals surface area contributed by atoms with Gasteiger partial charge in [0.15, 0.2) is 0 Å². The number of nitrogens with zero attached hydrogens (tertiary/aromatic N) is 1. The lowest BCUT2D eigenvalue weighted by atomic mass is 10.3. The van der Waals surface area contributed by atoms with E-state index in [1.165, 1.54) is 0 Å². The number of nitrogen functional groups attached to an aromatic ring is 1. The minimum absolute atomic E-state index is 0.539. The van der Waals surface area contributed by atoms with Gasteiger partial charge in [-0.05, 0) is 24.3 Å². The van der Waals surface area contributed by atoms with Crippen molar-refractivity contribution >= 4 is 11.5 Å². The maximum absolute atomic E-state index is 5.66. The molecule has 2 aromatic rings.